The molecule has 1 N–H and O–H groups in total. The molecule has 0 radical (unpaired) electrons. The highest BCUT2D eigenvalue weighted by Gasteiger charge is 2.09. The van der Waals surface area contributed by atoms with Crippen LogP contribution in [0, 0.1) is 13.8 Å². The van der Waals surface area contributed by atoms with Crippen LogP contribution in [0.25, 0.3) is 0 Å². The Balaban J connectivity index is 1.87. The van der Waals surface area contributed by atoms with Crippen LogP contribution in [0.2, 0.25) is 0 Å². The van der Waals surface area contributed by atoms with E-state index in [-0.39, 0.29) is 5.91 Å². The highest BCUT2D eigenvalue weighted by Crippen LogP contribution is 2.14. The molecule has 0 aliphatic carbocycles. The monoisotopic (exact) mass is 281 g/mol. The molecular formula is C19H23NO. The second-order valence-electron chi connectivity index (χ2n) is 5.72. The fourth-order valence-electron chi connectivity index (χ4n) is 2.45. The molecule has 21 heavy (non-hydrogen) atoms. The van der Waals surface area contributed by atoms with Gasteiger partial charge in [0.15, 0.2) is 0 Å². The van der Waals surface area contributed by atoms with Gasteiger partial charge in [-0.25, -0.2) is 0 Å². The zero-order valence-electron chi connectivity index (χ0n) is 13.0. The smallest absolute Gasteiger partial charge is 0.224 e. The molecule has 2 aromatic rings. The van der Waals surface area contributed by atoms with Gasteiger partial charge in [-0.1, -0.05) is 61.0 Å². The third-order valence-corrected chi connectivity index (χ3v) is 3.82. The molecular weight excluding hydrogens is 258 g/mol. The summed E-state index contributed by atoms with van der Waals surface area (Å²) in [6.45, 7) is 6.93. The standard InChI is InChI=1S/C19H23NO/c1-14-9-10-18(15(2)11-14)12-19(21)20-13-16(3)17-7-5-4-6-8-17/h4-11,16H,12-13H2,1-3H3,(H,20,21)/t16-/m0/s1. The van der Waals surface area contributed by atoms with Crippen LogP contribution >= 0.6 is 0 Å². The van der Waals surface area contributed by atoms with Crippen LogP contribution in [0.3, 0.4) is 0 Å². The lowest BCUT2D eigenvalue weighted by Crippen LogP contribution is -2.29. The molecule has 0 saturated heterocycles. The van der Waals surface area contributed by atoms with Gasteiger partial charge in [0.2, 0.25) is 5.91 Å². The predicted molar refractivity (Wildman–Crippen MR) is 87.5 cm³/mol. The quantitative estimate of drug-likeness (QED) is 0.888. The van der Waals surface area contributed by atoms with E-state index in [0.29, 0.717) is 18.9 Å². The maximum absolute atomic E-state index is 12.1. The van der Waals surface area contributed by atoms with Crippen molar-refractivity contribution in [3.8, 4) is 0 Å². The van der Waals surface area contributed by atoms with Crippen molar-refractivity contribution in [2.45, 2.75) is 33.1 Å². The number of carbonyl (C=O) groups is 1. The first-order valence-electron chi connectivity index (χ1n) is 7.44. The summed E-state index contributed by atoms with van der Waals surface area (Å²) in [5, 5.41) is 3.03. The molecule has 0 unspecified atom stereocenters. The van der Waals surface area contributed by atoms with Crippen LogP contribution in [-0.4, -0.2) is 12.5 Å². The fourth-order valence-corrected chi connectivity index (χ4v) is 2.45. The second kappa shape index (κ2) is 7.07. The second-order valence-corrected chi connectivity index (χ2v) is 5.72. The zero-order chi connectivity index (χ0) is 15.2. The van der Waals surface area contributed by atoms with Gasteiger partial charge in [0.05, 0.1) is 6.42 Å². The number of carbonyl (C=O) groups excluding carboxylic acids is 1. The van der Waals surface area contributed by atoms with Gasteiger partial charge in [0, 0.05) is 6.54 Å². The van der Waals surface area contributed by atoms with Gasteiger partial charge in [-0.15, -0.1) is 0 Å². The molecule has 2 aromatic carbocycles. The van der Waals surface area contributed by atoms with Crippen molar-refractivity contribution in [1.29, 1.82) is 0 Å². The van der Waals surface area contributed by atoms with Crippen LogP contribution in [-0.2, 0) is 11.2 Å². The molecule has 1 atom stereocenters. The van der Waals surface area contributed by atoms with Crippen LogP contribution in [0.4, 0.5) is 0 Å². The number of aryl methyl sites for hydroxylation is 2. The highest BCUT2D eigenvalue weighted by molar-refractivity contribution is 5.79. The van der Waals surface area contributed by atoms with E-state index in [2.05, 4.69) is 50.4 Å². The van der Waals surface area contributed by atoms with Gasteiger partial charge in [-0.3, -0.25) is 4.79 Å². The summed E-state index contributed by atoms with van der Waals surface area (Å²) < 4.78 is 0. The number of hydrogen-bond acceptors (Lipinski definition) is 1. The molecule has 2 nitrogen and oxygen atoms in total. The highest BCUT2D eigenvalue weighted by atomic mass is 16.1. The van der Waals surface area contributed by atoms with E-state index < -0.39 is 0 Å². The molecule has 0 aliphatic rings. The average Bonchev–Trinajstić information content (AvgIpc) is 2.48. The Labute approximate surface area is 127 Å². The van der Waals surface area contributed by atoms with Crippen molar-refractivity contribution >= 4 is 5.91 Å². The minimum atomic E-state index is 0.0877. The summed E-state index contributed by atoms with van der Waals surface area (Å²) in [4.78, 5) is 12.1. The average molecular weight is 281 g/mol. The van der Waals surface area contributed by atoms with Gasteiger partial charge in [-0.05, 0) is 36.5 Å². The molecule has 1 amide bonds. The van der Waals surface area contributed by atoms with E-state index in [0.717, 1.165) is 5.56 Å². The Kier molecular flexibility index (Phi) is 5.15. The zero-order valence-corrected chi connectivity index (χ0v) is 13.0. The summed E-state index contributed by atoms with van der Waals surface area (Å²) in [5.74, 6) is 0.416. The Hall–Kier alpha value is -2.09. The Morgan fingerprint density at radius 3 is 2.48 bits per heavy atom. The molecule has 0 aromatic heterocycles. The van der Waals surface area contributed by atoms with Crippen molar-refractivity contribution in [1.82, 2.24) is 5.32 Å². The summed E-state index contributed by atoms with van der Waals surface area (Å²) in [6.07, 6.45) is 0.452. The van der Waals surface area contributed by atoms with Crippen LogP contribution in [0.1, 0.15) is 35.1 Å². The largest absolute Gasteiger partial charge is 0.355 e. The summed E-state index contributed by atoms with van der Waals surface area (Å²) in [6, 6.07) is 16.5. The van der Waals surface area contributed by atoms with Crippen molar-refractivity contribution in [2.24, 2.45) is 0 Å². The maximum atomic E-state index is 12.1. The minimum Gasteiger partial charge on any atom is -0.355 e. The first-order valence-corrected chi connectivity index (χ1v) is 7.44. The number of amides is 1. The van der Waals surface area contributed by atoms with Crippen molar-refractivity contribution in [3.05, 3.63) is 70.8 Å². The lowest BCUT2D eigenvalue weighted by molar-refractivity contribution is -0.120. The van der Waals surface area contributed by atoms with Gasteiger partial charge in [0.1, 0.15) is 0 Å². The maximum Gasteiger partial charge on any atom is 0.224 e. The molecule has 0 aliphatic heterocycles. The molecule has 2 heteroatoms. The van der Waals surface area contributed by atoms with Crippen LogP contribution < -0.4 is 5.32 Å². The summed E-state index contributed by atoms with van der Waals surface area (Å²) in [5.41, 5.74) is 4.77. The number of benzene rings is 2. The first kappa shape index (κ1) is 15.3. The SMILES string of the molecule is Cc1ccc(CC(=O)NC[C@H](C)c2ccccc2)c(C)c1. The van der Waals surface area contributed by atoms with E-state index in [9.17, 15) is 4.79 Å². The van der Waals surface area contributed by atoms with Gasteiger partial charge >= 0.3 is 0 Å². The Morgan fingerprint density at radius 1 is 1.10 bits per heavy atom. The molecule has 2 rings (SSSR count). The molecule has 0 fully saturated rings. The third-order valence-electron chi connectivity index (χ3n) is 3.82. The number of hydrogen-bond donors (Lipinski definition) is 1. The van der Waals surface area contributed by atoms with Crippen molar-refractivity contribution in [3.63, 3.8) is 0 Å². The normalized spacial score (nSPS) is 12.0. The van der Waals surface area contributed by atoms with Crippen LogP contribution in [0.15, 0.2) is 48.5 Å². The third kappa shape index (κ3) is 4.45. The van der Waals surface area contributed by atoms with Gasteiger partial charge < -0.3 is 5.32 Å². The predicted octanol–water partition coefficient (Wildman–Crippen LogP) is 3.77. The minimum absolute atomic E-state index is 0.0877. The number of nitrogens with one attached hydrogen (secondary N) is 1. The Morgan fingerprint density at radius 2 is 1.81 bits per heavy atom. The topological polar surface area (TPSA) is 29.1 Å². The van der Waals surface area contributed by atoms with E-state index in [1.807, 2.05) is 24.3 Å². The lowest BCUT2D eigenvalue weighted by atomic mass is 10.0. The van der Waals surface area contributed by atoms with E-state index in [1.165, 1.54) is 16.7 Å². The van der Waals surface area contributed by atoms with E-state index >= 15 is 0 Å². The number of rotatable bonds is 5. The van der Waals surface area contributed by atoms with Crippen molar-refractivity contribution < 1.29 is 4.79 Å². The summed E-state index contributed by atoms with van der Waals surface area (Å²) >= 11 is 0. The van der Waals surface area contributed by atoms with E-state index in [1.54, 1.807) is 0 Å². The first-order chi connectivity index (χ1) is 10.1. The fraction of sp³-hybridized carbons (Fsp3) is 0.316. The molecule has 0 heterocycles. The molecule has 0 spiro atoms. The van der Waals surface area contributed by atoms with E-state index in [4.69, 9.17) is 0 Å². The molecule has 110 valence electrons. The van der Waals surface area contributed by atoms with Crippen molar-refractivity contribution in [2.75, 3.05) is 6.54 Å². The lowest BCUT2D eigenvalue weighted by Gasteiger charge is -2.13. The van der Waals surface area contributed by atoms with Crippen LogP contribution in [0.5, 0.6) is 0 Å². The van der Waals surface area contributed by atoms with Gasteiger partial charge in [-0.2, -0.15) is 0 Å². The summed E-state index contributed by atoms with van der Waals surface area (Å²) in [7, 11) is 0. The Bertz CT molecular complexity index is 604. The molecule has 0 bridgehead atoms. The molecule has 0 saturated carbocycles. The van der Waals surface area contributed by atoms with Gasteiger partial charge in [0.25, 0.3) is 0 Å².